The quantitative estimate of drug-likeness (QED) is 0.683. The number of hydrogen-bond donors (Lipinski definition) is 1. The van der Waals surface area contributed by atoms with Crippen LogP contribution in [0.2, 0.25) is 10.0 Å². The Morgan fingerprint density at radius 2 is 1.81 bits per heavy atom. The van der Waals surface area contributed by atoms with Crippen LogP contribution >= 0.6 is 23.2 Å². The van der Waals surface area contributed by atoms with Crippen LogP contribution < -0.4 is 5.32 Å². The number of nitrogens with one attached hydrogen (secondary N) is 1. The van der Waals surface area contributed by atoms with Gasteiger partial charge in [0.05, 0.1) is 22.3 Å². The van der Waals surface area contributed by atoms with Gasteiger partial charge in [-0.3, -0.25) is 0 Å². The molecule has 1 heterocycles. The average molecular weight is 319 g/mol. The van der Waals surface area contributed by atoms with Crippen LogP contribution in [0, 0.1) is 6.92 Å². The Morgan fingerprint density at radius 1 is 1.05 bits per heavy atom. The minimum absolute atomic E-state index is 0.565. The highest BCUT2D eigenvalue weighted by Crippen LogP contribution is 2.31. The maximum Gasteiger partial charge on any atom is 0.0823 e. The second-order valence-corrected chi connectivity index (χ2v) is 5.89. The molecule has 0 saturated carbocycles. The van der Waals surface area contributed by atoms with Gasteiger partial charge in [-0.2, -0.15) is 0 Å². The maximum atomic E-state index is 6.22. The third-order valence-corrected chi connectivity index (χ3v) is 4.72. The summed E-state index contributed by atoms with van der Waals surface area (Å²) < 4.78 is 2.22. The van der Waals surface area contributed by atoms with Crippen molar-refractivity contribution in [3.8, 4) is 0 Å². The Kier molecular flexibility index (Phi) is 3.83. The summed E-state index contributed by atoms with van der Waals surface area (Å²) in [6, 6.07) is 14.0. The zero-order valence-corrected chi connectivity index (χ0v) is 13.5. The van der Waals surface area contributed by atoms with Crippen LogP contribution in [0.5, 0.6) is 0 Å². The van der Waals surface area contributed by atoms with Gasteiger partial charge < -0.3 is 9.88 Å². The van der Waals surface area contributed by atoms with Gasteiger partial charge in [-0.05, 0) is 30.7 Å². The number of halogens is 2. The van der Waals surface area contributed by atoms with E-state index in [0.29, 0.717) is 16.6 Å². The number of aromatic nitrogens is 1. The molecular formula is C17H16Cl2N2. The molecule has 0 fully saturated rings. The van der Waals surface area contributed by atoms with Gasteiger partial charge in [-0.25, -0.2) is 0 Å². The summed E-state index contributed by atoms with van der Waals surface area (Å²) in [5.41, 5.74) is 4.63. The predicted molar refractivity (Wildman–Crippen MR) is 91.4 cm³/mol. The van der Waals surface area contributed by atoms with E-state index >= 15 is 0 Å². The van der Waals surface area contributed by atoms with E-state index in [1.165, 1.54) is 22.2 Å². The molecule has 0 aliphatic carbocycles. The van der Waals surface area contributed by atoms with Crippen molar-refractivity contribution in [2.75, 3.05) is 5.32 Å². The molecule has 0 saturated heterocycles. The molecule has 0 bridgehead atoms. The standard InChI is InChI=1S/C17H16Cl2N2/c1-11-12-6-3-4-9-15(12)21(2)16(11)10-20-14-8-5-7-13(18)17(14)19/h3-9,20H,10H2,1-2H3. The lowest BCUT2D eigenvalue weighted by molar-refractivity contribution is 0.862. The first-order valence-electron chi connectivity index (χ1n) is 6.80. The third-order valence-electron chi connectivity index (χ3n) is 3.91. The summed E-state index contributed by atoms with van der Waals surface area (Å²) in [5.74, 6) is 0. The summed E-state index contributed by atoms with van der Waals surface area (Å²) in [5, 5.41) is 5.79. The second kappa shape index (κ2) is 5.63. The monoisotopic (exact) mass is 318 g/mol. The van der Waals surface area contributed by atoms with Crippen LogP contribution in [-0.4, -0.2) is 4.57 Å². The van der Waals surface area contributed by atoms with Crippen LogP contribution in [0.4, 0.5) is 5.69 Å². The number of anilines is 1. The van der Waals surface area contributed by atoms with Gasteiger partial charge >= 0.3 is 0 Å². The summed E-state index contributed by atoms with van der Waals surface area (Å²) in [6.45, 7) is 2.86. The van der Waals surface area contributed by atoms with Crippen LogP contribution in [0.1, 0.15) is 11.3 Å². The molecule has 21 heavy (non-hydrogen) atoms. The molecule has 0 spiro atoms. The number of nitrogens with zero attached hydrogens (tertiary/aromatic N) is 1. The Balaban J connectivity index is 1.94. The average Bonchev–Trinajstić information content (AvgIpc) is 2.73. The number of rotatable bonds is 3. The van der Waals surface area contributed by atoms with E-state index in [1.807, 2.05) is 12.1 Å². The second-order valence-electron chi connectivity index (χ2n) is 5.10. The third kappa shape index (κ3) is 2.50. The Bertz CT molecular complexity index is 767. The Morgan fingerprint density at radius 3 is 2.57 bits per heavy atom. The fourth-order valence-electron chi connectivity index (χ4n) is 2.71. The zero-order chi connectivity index (χ0) is 15.0. The van der Waals surface area contributed by atoms with E-state index in [4.69, 9.17) is 23.2 Å². The van der Waals surface area contributed by atoms with Gasteiger partial charge in [0, 0.05) is 23.6 Å². The van der Waals surface area contributed by atoms with E-state index in [0.717, 1.165) is 5.69 Å². The van der Waals surface area contributed by atoms with E-state index in [2.05, 4.69) is 48.1 Å². The van der Waals surface area contributed by atoms with Crippen molar-refractivity contribution in [3.05, 3.63) is 63.8 Å². The first-order chi connectivity index (χ1) is 10.1. The summed E-state index contributed by atoms with van der Waals surface area (Å²) >= 11 is 12.3. The summed E-state index contributed by atoms with van der Waals surface area (Å²) in [6.07, 6.45) is 0. The van der Waals surface area contributed by atoms with Crippen molar-refractivity contribution in [1.29, 1.82) is 0 Å². The van der Waals surface area contributed by atoms with Gasteiger partial charge in [0.15, 0.2) is 0 Å². The van der Waals surface area contributed by atoms with Crippen molar-refractivity contribution >= 4 is 39.8 Å². The fraction of sp³-hybridized carbons (Fsp3) is 0.176. The smallest absolute Gasteiger partial charge is 0.0823 e. The first kappa shape index (κ1) is 14.3. The fourth-order valence-corrected chi connectivity index (χ4v) is 3.07. The largest absolute Gasteiger partial charge is 0.378 e. The van der Waals surface area contributed by atoms with Crippen molar-refractivity contribution in [1.82, 2.24) is 4.57 Å². The topological polar surface area (TPSA) is 17.0 Å². The van der Waals surface area contributed by atoms with E-state index in [9.17, 15) is 0 Å². The number of fused-ring (bicyclic) bond motifs is 1. The number of benzene rings is 2. The molecule has 4 heteroatoms. The van der Waals surface area contributed by atoms with Crippen molar-refractivity contribution in [3.63, 3.8) is 0 Å². The normalized spacial score (nSPS) is 11.0. The number of aryl methyl sites for hydroxylation is 2. The molecule has 1 N–H and O–H groups in total. The van der Waals surface area contributed by atoms with Crippen molar-refractivity contribution in [2.24, 2.45) is 7.05 Å². The van der Waals surface area contributed by atoms with E-state index in [1.54, 1.807) is 6.07 Å². The number of para-hydroxylation sites is 1. The zero-order valence-electron chi connectivity index (χ0n) is 12.0. The summed E-state index contributed by atoms with van der Waals surface area (Å²) in [4.78, 5) is 0. The molecule has 3 rings (SSSR count). The minimum Gasteiger partial charge on any atom is -0.378 e. The lowest BCUT2D eigenvalue weighted by Crippen LogP contribution is -2.06. The van der Waals surface area contributed by atoms with Crippen molar-refractivity contribution in [2.45, 2.75) is 13.5 Å². The maximum absolute atomic E-state index is 6.22. The molecule has 3 aromatic rings. The van der Waals surface area contributed by atoms with Gasteiger partial charge in [0.25, 0.3) is 0 Å². The molecule has 0 radical (unpaired) electrons. The Labute approximate surface area is 134 Å². The first-order valence-corrected chi connectivity index (χ1v) is 7.56. The predicted octanol–water partition coefficient (Wildman–Crippen LogP) is 5.41. The highest BCUT2D eigenvalue weighted by atomic mass is 35.5. The minimum atomic E-state index is 0.565. The Hall–Kier alpha value is -1.64. The molecule has 2 aromatic carbocycles. The van der Waals surface area contributed by atoms with Crippen LogP contribution in [-0.2, 0) is 13.6 Å². The molecule has 108 valence electrons. The van der Waals surface area contributed by atoms with Crippen LogP contribution in [0.25, 0.3) is 10.9 Å². The molecule has 0 amide bonds. The van der Waals surface area contributed by atoms with Crippen molar-refractivity contribution < 1.29 is 0 Å². The highest BCUT2D eigenvalue weighted by molar-refractivity contribution is 6.43. The molecule has 0 aliphatic rings. The summed E-state index contributed by atoms with van der Waals surface area (Å²) in [7, 11) is 2.09. The van der Waals surface area contributed by atoms with E-state index in [-0.39, 0.29) is 0 Å². The van der Waals surface area contributed by atoms with Gasteiger partial charge in [0.2, 0.25) is 0 Å². The molecule has 0 unspecified atom stereocenters. The molecule has 2 nitrogen and oxygen atoms in total. The molecule has 1 aromatic heterocycles. The van der Waals surface area contributed by atoms with Gasteiger partial charge in [-0.1, -0.05) is 47.5 Å². The van der Waals surface area contributed by atoms with Gasteiger partial charge in [-0.15, -0.1) is 0 Å². The number of hydrogen-bond acceptors (Lipinski definition) is 1. The lowest BCUT2D eigenvalue weighted by Gasteiger charge is -2.11. The highest BCUT2D eigenvalue weighted by Gasteiger charge is 2.11. The van der Waals surface area contributed by atoms with E-state index < -0.39 is 0 Å². The van der Waals surface area contributed by atoms with Crippen LogP contribution in [0.3, 0.4) is 0 Å². The van der Waals surface area contributed by atoms with Crippen LogP contribution in [0.15, 0.2) is 42.5 Å². The van der Waals surface area contributed by atoms with Gasteiger partial charge in [0.1, 0.15) is 0 Å². The SMILES string of the molecule is Cc1c(CNc2cccc(Cl)c2Cl)n(C)c2ccccc12. The molecule has 0 aliphatic heterocycles. The lowest BCUT2D eigenvalue weighted by atomic mass is 10.1. The molecule has 0 atom stereocenters. The molecular weight excluding hydrogens is 303 g/mol.